The molecule has 10 heteroatoms. The first-order chi connectivity index (χ1) is 14.6. The third kappa shape index (κ3) is 4.27. The minimum absolute atomic E-state index is 0.142. The van der Waals surface area contributed by atoms with Crippen molar-refractivity contribution in [1.29, 1.82) is 0 Å². The quantitative estimate of drug-likeness (QED) is 0.490. The molecule has 0 aliphatic carbocycles. The van der Waals surface area contributed by atoms with Crippen LogP contribution in [0.5, 0.6) is 0 Å². The number of halogens is 1. The second-order valence-corrected chi connectivity index (χ2v) is 6.82. The van der Waals surface area contributed by atoms with Gasteiger partial charge in [-0.15, -0.1) is 0 Å². The molecular formula is C20H20FN7O2. The van der Waals surface area contributed by atoms with Gasteiger partial charge < -0.3 is 15.1 Å². The minimum atomic E-state index is -0.451. The van der Waals surface area contributed by atoms with Crippen LogP contribution in [0.1, 0.15) is 5.56 Å². The smallest absolute Gasteiger partial charge is 0.353 e. The minimum Gasteiger partial charge on any atom is -0.368 e. The topological polar surface area (TPSA) is 100 Å². The van der Waals surface area contributed by atoms with Gasteiger partial charge in [-0.05, 0) is 35.9 Å². The Balaban J connectivity index is 1.50. The molecule has 0 unspecified atom stereocenters. The third-order valence-electron chi connectivity index (χ3n) is 4.94. The normalized spacial score (nSPS) is 13.9. The van der Waals surface area contributed by atoms with Gasteiger partial charge >= 0.3 is 5.69 Å². The average molecular weight is 409 g/mol. The van der Waals surface area contributed by atoms with Crippen molar-refractivity contribution in [3.63, 3.8) is 0 Å². The lowest BCUT2D eigenvalue weighted by Gasteiger charge is -2.36. The molecule has 1 N–H and O–H groups in total. The molecule has 0 bridgehead atoms. The highest BCUT2D eigenvalue weighted by atomic mass is 19.1. The largest absolute Gasteiger partial charge is 0.368 e. The van der Waals surface area contributed by atoms with Gasteiger partial charge in [0.25, 0.3) is 0 Å². The first-order valence-electron chi connectivity index (χ1n) is 9.49. The van der Waals surface area contributed by atoms with E-state index in [4.69, 9.17) is 0 Å². The molecule has 3 aromatic rings. The molecule has 9 nitrogen and oxygen atoms in total. The highest BCUT2D eigenvalue weighted by Gasteiger charge is 2.29. The van der Waals surface area contributed by atoms with Crippen LogP contribution in [0.4, 0.5) is 27.4 Å². The molecule has 0 amide bonds. The zero-order valence-corrected chi connectivity index (χ0v) is 16.1. The van der Waals surface area contributed by atoms with Crippen molar-refractivity contribution in [2.75, 3.05) is 41.3 Å². The maximum Gasteiger partial charge on any atom is 0.353 e. The Morgan fingerprint density at radius 2 is 1.80 bits per heavy atom. The summed E-state index contributed by atoms with van der Waals surface area (Å²) < 4.78 is 13.2. The summed E-state index contributed by atoms with van der Waals surface area (Å²) in [4.78, 5) is 27.7. The predicted octanol–water partition coefficient (Wildman–Crippen LogP) is 2.86. The van der Waals surface area contributed by atoms with Gasteiger partial charge in [0.05, 0.1) is 4.92 Å². The number of hydrogen-bond donors (Lipinski definition) is 1. The molecule has 4 rings (SSSR count). The lowest BCUT2D eigenvalue weighted by molar-refractivity contribution is -0.383. The second-order valence-electron chi connectivity index (χ2n) is 6.82. The number of rotatable bonds is 6. The van der Waals surface area contributed by atoms with Crippen molar-refractivity contribution in [3.8, 4) is 0 Å². The zero-order valence-electron chi connectivity index (χ0n) is 16.1. The maximum absolute atomic E-state index is 13.2. The maximum atomic E-state index is 13.2. The molecule has 0 radical (unpaired) electrons. The van der Waals surface area contributed by atoms with E-state index in [0.29, 0.717) is 38.5 Å². The molecule has 0 saturated carbocycles. The van der Waals surface area contributed by atoms with Crippen LogP contribution in [0.15, 0.2) is 55.1 Å². The van der Waals surface area contributed by atoms with Crippen LogP contribution >= 0.6 is 0 Å². The average Bonchev–Trinajstić information content (AvgIpc) is 2.78. The fourth-order valence-corrected chi connectivity index (χ4v) is 3.42. The van der Waals surface area contributed by atoms with Gasteiger partial charge in [0, 0.05) is 50.8 Å². The van der Waals surface area contributed by atoms with Crippen molar-refractivity contribution in [1.82, 2.24) is 15.0 Å². The van der Waals surface area contributed by atoms with Crippen LogP contribution < -0.4 is 15.1 Å². The Labute approximate surface area is 172 Å². The summed E-state index contributed by atoms with van der Waals surface area (Å²) in [7, 11) is 0. The van der Waals surface area contributed by atoms with Crippen molar-refractivity contribution in [2.45, 2.75) is 6.54 Å². The first kappa shape index (κ1) is 19.5. The number of benzene rings is 1. The van der Waals surface area contributed by atoms with E-state index < -0.39 is 4.92 Å². The molecule has 30 heavy (non-hydrogen) atoms. The first-order valence-corrected chi connectivity index (χ1v) is 9.49. The molecule has 154 valence electrons. The third-order valence-corrected chi connectivity index (χ3v) is 4.94. The second kappa shape index (κ2) is 8.68. The number of piperazine rings is 1. The summed E-state index contributed by atoms with van der Waals surface area (Å²) in [5.74, 6) is 0.192. The highest BCUT2D eigenvalue weighted by molar-refractivity contribution is 5.70. The van der Waals surface area contributed by atoms with Crippen molar-refractivity contribution < 1.29 is 9.31 Å². The summed E-state index contributed by atoms with van der Waals surface area (Å²) in [6.45, 7) is 2.76. The molecule has 2 aromatic heterocycles. The molecule has 1 aromatic carbocycles. The van der Waals surface area contributed by atoms with E-state index in [1.165, 1.54) is 18.5 Å². The number of anilines is 3. The van der Waals surface area contributed by atoms with Crippen LogP contribution in [0.3, 0.4) is 0 Å². The summed E-state index contributed by atoms with van der Waals surface area (Å²) in [6, 6.07) is 10.0. The van der Waals surface area contributed by atoms with Gasteiger partial charge in [-0.2, -0.15) is 0 Å². The van der Waals surface area contributed by atoms with E-state index in [0.717, 1.165) is 11.3 Å². The SMILES string of the molecule is O=[N+]([O-])c1c(NCc2cccnc2)ncnc1N1CCN(c2ccc(F)cc2)CC1. The van der Waals surface area contributed by atoms with E-state index in [1.54, 1.807) is 30.6 Å². The van der Waals surface area contributed by atoms with Crippen LogP contribution in [-0.2, 0) is 6.54 Å². The Hall–Kier alpha value is -3.82. The fraction of sp³-hybridized carbons (Fsp3) is 0.250. The number of aromatic nitrogens is 3. The summed E-state index contributed by atoms with van der Waals surface area (Å²) in [5, 5.41) is 14.8. The molecule has 1 aliphatic rings. The number of nitro groups is 1. The Morgan fingerprint density at radius 3 is 2.47 bits per heavy atom. The number of hydrogen-bond acceptors (Lipinski definition) is 8. The Morgan fingerprint density at radius 1 is 1.07 bits per heavy atom. The standard InChI is InChI=1S/C20H20FN7O2/c21-16-3-5-17(6-4-16)26-8-10-27(11-9-26)20-18(28(29)30)19(24-14-25-20)23-13-15-2-1-7-22-12-15/h1-7,12,14H,8-11,13H2,(H,23,24,25). The lowest BCUT2D eigenvalue weighted by atomic mass is 10.2. The summed E-state index contributed by atoms with van der Waals surface area (Å²) in [5.41, 5.74) is 1.67. The van der Waals surface area contributed by atoms with Gasteiger partial charge in [-0.1, -0.05) is 6.07 Å². The van der Waals surface area contributed by atoms with Crippen molar-refractivity contribution >= 4 is 23.0 Å². The summed E-state index contributed by atoms with van der Waals surface area (Å²) in [6.07, 6.45) is 4.69. The van der Waals surface area contributed by atoms with Gasteiger partial charge in [0.1, 0.15) is 12.1 Å². The Bertz CT molecular complexity index is 1010. The van der Waals surface area contributed by atoms with Gasteiger partial charge in [-0.3, -0.25) is 15.1 Å². The van der Waals surface area contributed by atoms with Crippen LogP contribution in [0.2, 0.25) is 0 Å². The summed E-state index contributed by atoms with van der Waals surface area (Å²) >= 11 is 0. The zero-order chi connectivity index (χ0) is 20.9. The van der Waals surface area contributed by atoms with Crippen molar-refractivity contribution in [3.05, 3.63) is 76.6 Å². The molecule has 1 fully saturated rings. The van der Waals surface area contributed by atoms with Gasteiger partial charge in [-0.25, -0.2) is 14.4 Å². The molecule has 1 saturated heterocycles. The number of nitrogens with zero attached hydrogens (tertiary/aromatic N) is 6. The highest BCUT2D eigenvalue weighted by Crippen LogP contribution is 2.33. The van der Waals surface area contributed by atoms with Crippen molar-refractivity contribution in [2.24, 2.45) is 0 Å². The lowest BCUT2D eigenvalue weighted by Crippen LogP contribution is -2.47. The van der Waals surface area contributed by atoms with E-state index in [2.05, 4.69) is 25.2 Å². The van der Waals surface area contributed by atoms with E-state index in [-0.39, 0.29) is 17.3 Å². The van der Waals surface area contributed by atoms with E-state index in [9.17, 15) is 14.5 Å². The van der Waals surface area contributed by atoms with Crippen LogP contribution in [0.25, 0.3) is 0 Å². The fourth-order valence-electron chi connectivity index (χ4n) is 3.42. The number of pyridine rings is 1. The monoisotopic (exact) mass is 409 g/mol. The van der Waals surface area contributed by atoms with Crippen LogP contribution in [0, 0.1) is 15.9 Å². The molecule has 0 spiro atoms. The molecule has 1 aliphatic heterocycles. The van der Waals surface area contributed by atoms with E-state index in [1.807, 2.05) is 11.0 Å². The molecule has 0 atom stereocenters. The Kier molecular flexibility index (Phi) is 5.64. The number of nitrogens with one attached hydrogen (secondary N) is 1. The molecular weight excluding hydrogens is 389 g/mol. The molecule has 3 heterocycles. The predicted molar refractivity (Wildman–Crippen MR) is 111 cm³/mol. The van der Waals surface area contributed by atoms with Crippen LogP contribution in [-0.4, -0.2) is 46.1 Å². The van der Waals surface area contributed by atoms with E-state index >= 15 is 0 Å². The van der Waals surface area contributed by atoms with Gasteiger partial charge in [0.15, 0.2) is 0 Å². The van der Waals surface area contributed by atoms with Gasteiger partial charge in [0.2, 0.25) is 11.6 Å².